The summed E-state index contributed by atoms with van der Waals surface area (Å²) in [5, 5.41) is 4.45. The van der Waals surface area contributed by atoms with Gasteiger partial charge < -0.3 is 15.4 Å². The molecule has 0 spiro atoms. The molecule has 0 heterocycles. The Balaban J connectivity index is 1.67. The number of rotatable bonds is 8. The van der Waals surface area contributed by atoms with Crippen LogP contribution in [0.15, 0.2) is 36.4 Å². The van der Waals surface area contributed by atoms with E-state index in [1.54, 1.807) is 0 Å². The second-order valence-corrected chi connectivity index (χ2v) is 7.77. The second-order valence-electron chi connectivity index (χ2n) is 7.77. The summed E-state index contributed by atoms with van der Waals surface area (Å²) in [4.78, 5) is 23.5. The first-order valence-corrected chi connectivity index (χ1v) is 9.51. The van der Waals surface area contributed by atoms with Crippen LogP contribution in [0.4, 0.5) is 18.9 Å². The molecule has 0 aliphatic heterocycles. The number of ether oxygens (including phenoxy) is 1. The van der Waals surface area contributed by atoms with Gasteiger partial charge in [0.05, 0.1) is 18.8 Å². The molecule has 0 unspecified atom stereocenters. The normalized spacial score (nSPS) is 11.1. The minimum atomic E-state index is -1.68. The number of amides is 2. The van der Waals surface area contributed by atoms with E-state index in [9.17, 15) is 22.8 Å². The highest BCUT2D eigenvalue weighted by atomic mass is 19.2. The molecule has 0 bridgehead atoms. The van der Waals surface area contributed by atoms with Gasteiger partial charge in [0.15, 0.2) is 17.5 Å². The SMILES string of the molecule is CC(C)(C)c1ccc(OCCCC(=O)NCC(=O)Nc2ccc(F)c(F)c2F)cc1. The molecule has 162 valence electrons. The number of halogens is 3. The van der Waals surface area contributed by atoms with E-state index in [2.05, 4.69) is 31.4 Å². The fraction of sp³-hybridized carbons (Fsp3) is 0.364. The molecule has 2 aromatic rings. The van der Waals surface area contributed by atoms with Gasteiger partial charge in [-0.05, 0) is 41.7 Å². The topological polar surface area (TPSA) is 67.4 Å². The zero-order chi connectivity index (χ0) is 22.3. The molecular formula is C22H25F3N2O3. The third kappa shape index (κ3) is 6.79. The Bertz CT molecular complexity index is 894. The van der Waals surface area contributed by atoms with Crippen molar-refractivity contribution < 1.29 is 27.5 Å². The molecule has 0 saturated carbocycles. The molecule has 30 heavy (non-hydrogen) atoms. The molecule has 0 saturated heterocycles. The highest BCUT2D eigenvalue weighted by molar-refractivity contribution is 5.94. The van der Waals surface area contributed by atoms with Gasteiger partial charge in [-0.15, -0.1) is 0 Å². The maximum absolute atomic E-state index is 13.5. The van der Waals surface area contributed by atoms with Crippen LogP contribution in [0.3, 0.4) is 0 Å². The number of nitrogens with one attached hydrogen (secondary N) is 2. The van der Waals surface area contributed by atoms with Crippen LogP contribution in [0.2, 0.25) is 0 Å². The van der Waals surface area contributed by atoms with Gasteiger partial charge in [-0.25, -0.2) is 13.2 Å². The van der Waals surface area contributed by atoms with Crippen LogP contribution in [0, 0.1) is 17.5 Å². The fourth-order valence-corrected chi connectivity index (χ4v) is 2.56. The molecule has 0 atom stereocenters. The van der Waals surface area contributed by atoms with E-state index in [1.165, 1.54) is 5.56 Å². The zero-order valence-corrected chi connectivity index (χ0v) is 17.2. The maximum Gasteiger partial charge on any atom is 0.243 e. The van der Waals surface area contributed by atoms with Crippen molar-refractivity contribution in [3.63, 3.8) is 0 Å². The predicted octanol–water partition coefficient (Wildman–Crippen LogP) is 4.32. The summed E-state index contributed by atoms with van der Waals surface area (Å²) < 4.78 is 45.1. The summed E-state index contributed by atoms with van der Waals surface area (Å²) >= 11 is 0. The van der Waals surface area contributed by atoms with Crippen LogP contribution in [-0.2, 0) is 15.0 Å². The molecule has 2 rings (SSSR count). The van der Waals surface area contributed by atoms with Gasteiger partial charge in [0.1, 0.15) is 5.75 Å². The Labute approximate surface area is 173 Å². The molecule has 5 nitrogen and oxygen atoms in total. The number of hydrogen-bond acceptors (Lipinski definition) is 3. The van der Waals surface area contributed by atoms with Gasteiger partial charge >= 0.3 is 0 Å². The first-order chi connectivity index (χ1) is 14.1. The Kier molecular flexibility index (Phi) is 7.86. The Morgan fingerprint density at radius 3 is 2.23 bits per heavy atom. The molecule has 8 heteroatoms. The monoisotopic (exact) mass is 422 g/mol. The molecule has 2 aromatic carbocycles. The van der Waals surface area contributed by atoms with Crippen LogP contribution in [0.1, 0.15) is 39.2 Å². The maximum atomic E-state index is 13.5. The van der Waals surface area contributed by atoms with E-state index in [0.717, 1.165) is 6.07 Å². The number of carbonyl (C=O) groups is 2. The number of carbonyl (C=O) groups excluding carboxylic acids is 2. The third-order valence-corrected chi connectivity index (χ3v) is 4.29. The lowest BCUT2D eigenvalue weighted by Gasteiger charge is -2.19. The molecule has 2 amide bonds. The van der Waals surface area contributed by atoms with Crippen LogP contribution >= 0.6 is 0 Å². The number of hydrogen-bond donors (Lipinski definition) is 2. The first kappa shape index (κ1) is 23.3. The van der Waals surface area contributed by atoms with Crippen molar-refractivity contribution in [2.24, 2.45) is 0 Å². The van der Waals surface area contributed by atoms with E-state index < -0.39 is 35.6 Å². The lowest BCUT2D eigenvalue weighted by atomic mass is 9.87. The fourth-order valence-electron chi connectivity index (χ4n) is 2.56. The van der Waals surface area contributed by atoms with Crippen LogP contribution < -0.4 is 15.4 Å². The summed E-state index contributed by atoms with van der Waals surface area (Å²) in [6.45, 7) is 6.27. The summed E-state index contributed by atoms with van der Waals surface area (Å²) in [7, 11) is 0. The minimum Gasteiger partial charge on any atom is -0.494 e. The predicted molar refractivity (Wildman–Crippen MR) is 108 cm³/mol. The smallest absolute Gasteiger partial charge is 0.243 e. The van der Waals surface area contributed by atoms with Gasteiger partial charge in [-0.3, -0.25) is 9.59 Å². The molecule has 0 aliphatic rings. The van der Waals surface area contributed by atoms with E-state index in [0.29, 0.717) is 24.8 Å². The Morgan fingerprint density at radius 2 is 1.60 bits per heavy atom. The molecule has 0 fully saturated rings. The van der Waals surface area contributed by atoms with Crippen molar-refractivity contribution in [1.29, 1.82) is 0 Å². The lowest BCUT2D eigenvalue weighted by Crippen LogP contribution is -2.33. The second kappa shape index (κ2) is 10.1. The standard InChI is InChI=1S/C22H25F3N2O3/c1-22(2,3)14-6-8-15(9-7-14)30-12-4-5-18(28)26-13-19(29)27-17-11-10-16(23)20(24)21(17)25/h6-11H,4-5,12-13H2,1-3H3,(H,26,28)(H,27,29). The quantitative estimate of drug-likeness (QED) is 0.492. The average molecular weight is 422 g/mol. The van der Waals surface area contributed by atoms with Crippen LogP contribution in [0.5, 0.6) is 5.75 Å². The van der Waals surface area contributed by atoms with Crippen molar-refractivity contribution >= 4 is 17.5 Å². The summed E-state index contributed by atoms with van der Waals surface area (Å²) in [5.74, 6) is -4.97. The highest BCUT2D eigenvalue weighted by Gasteiger charge is 2.16. The minimum absolute atomic E-state index is 0.0551. The van der Waals surface area contributed by atoms with Crippen molar-refractivity contribution in [2.45, 2.75) is 39.0 Å². The van der Waals surface area contributed by atoms with E-state index in [4.69, 9.17) is 4.74 Å². The van der Waals surface area contributed by atoms with Crippen molar-refractivity contribution in [3.05, 3.63) is 59.4 Å². The largest absolute Gasteiger partial charge is 0.494 e. The summed E-state index contributed by atoms with van der Waals surface area (Å²) in [6, 6.07) is 9.35. The van der Waals surface area contributed by atoms with Gasteiger partial charge in [0.25, 0.3) is 0 Å². The van der Waals surface area contributed by atoms with Gasteiger partial charge in [0, 0.05) is 6.42 Å². The molecule has 0 aliphatic carbocycles. The Hall–Kier alpha value is -3.03. The van der Waals surface area contributed by atoms with Crippen LogP contribution in [-0.4, -0.2) is 25.0 Å². The molecular weight excluding hydrogens is 397 g/mol. The number of anilines is 1. The molecule has 0 radical (unpaired) electrons. The Morgan fingerprint density at radius 1 is 0.933 bits per heavy atom. The van der Waals surface area contributed by atoms with E-state index >= 15 is 0 Å². The third-order valence-electron chi connectivity index (χ3n) is 4.29. The van der Waals surface area contributed by atoms with Crippen molar-refractivity contribution in [3.8, 4) is 5.75 Å². The van der Waals surface area contributed by atoms with E-state index in [1.807, 2.05) is 24.3 Å². The molecule has 0 aromatic heterocycles. The number of benzene rings is 2. The summed E-state index contributed by atoms with van der Waals surface area (Å²) in [5.41, 5.74) is 0.745. The highest BCUT2D eigenvalue weighted by Crippen LogP contribution is 2.24. The summed E-state index contributed by atoms with van der Waals surface area (Å²) in [6.07, 6.45) is 0.569. The average Bonchev–Trinajstić information content (AvgIpc) is 2.70. The zero-order valence-electron chi connectivity index (χ0n) is 17.2. The van der Waals surface area contributed by atoms with Gasteiger partial charge in [-0.1, -0.05) is 32.9 Å². The molecule has 2 N–H and O–H groups in total. The van der Waals surface area contributed by atoms with Crippen molar-refractivity contribution in [2.75, 3.05) is 18.5 Å². The van der Waals surface area contributed by atoms with Crippen molar-refractivity contribution in [1.82, 2.24) is 5.32 Å². The first-order valence-electron chi connectivity index (χ1n) is 9.51. The van der Waals surface area contributed by atoms with Gasteiger partial charge in [0.2, 0.25) is 11.8 Å². The van der Waals surface area contributed by atoms with E-state index in [-0.39, 0.29) is 17.7 Å². The lowest BCUT2D eigenvalue weighted by molar-refractivity contribution is -0.124. The van der Waals surface area contributed by atoms with Gasteiger partial charge in [-0.2, -0.15) is 0 Å². The van der Waals surface area contributed by atoms with Crippen LogP contribution in [0.25, 0.3) is 0 Å².